The quantitative estimate of drug-likeness (QED) is 0.495. The zero-order chi connectivity index (χ0) is 10.9. The molecule has 1 aliphatic rings. The molecule has 0 spiro atoms. The van der Waals surface area contributed by atoms with E-state index < -0.39 is 0 Å². The molecule has 0 aromatic carbocycles. The monoisotopic (exact) mass is 233 g/mol. The molecule has 0 amide bonds. The van der Waals surface area contributed by atoms with Crippen LogP contribution in [-0.2, 0) is 4.74 Å². The van der Waals surface area contributed by atoms with Crippen LogP contribution in [0.4, 0.5) is 0 Å². The first-order valence-electron chi connectivity index (χ1n) is 6.26. The summed E-state index contributed by atoms with van der Waals surface area (Å²) in [6.45, 7) is 6.23. The van der Waals surface area contributed by atoms with E-state index in [4.69, 9.17) is 16.3 Å². The highest BCUT2D eigenvalue weighted by Gasteiger charge is 2.20. The Morgan fingerprint density at radius 2 is 2.20 bits per heavy atom. The lowest BCUT2D eigenvalue weighted by Crippen LogP contribution is -2.42. The molecule has 15 heavy (non-hydrogen) atoms. The van der Waals surface area contributed by atoms with Crippen molar-refractivity contribution in [2.75, 3.05) is 32.2 Å². The van der Waals surface area contributed by atoms with Crippen molar-refractivity contribution >= 4 is 11.6 Å². The molecule has 3 heteroatoms. The van der Waals surface area contributed by atoms with Gasteiger partial charge in [0.05, 0.1) is 6.61 Å². The van der Waals surface area contributed by atoms with Gasteiger partial charge in [0.25, 0.3) is 0 Å². The van der Waals surface area contributed by atoms with Gasteiger partial charge in [0.1, 0.15) is 0 Å². The highest BCUT2D eigenvalue weighted by Crippen LogP contribution is 2.17. The predicted molar refractivity (Wildman–Crippen MR) is 65.7 cm³/mol. The van der Waals surface area contributed by atoms with Gasteiger partial charge in [0.2, 0.25) is 0 Å². The molecule has 0 radical (unpaired) electrons. The maximum Gasteiger partial charge on any atom is 0.0593 e. The number of piperidine rings is 1. The average molecular weight is 234 g/mol. The van der Waals surface area contributed by atoms with Crippen molar-refractivity contribution in [3.63, 3.8) is 0 Å². The summed E-state index contributed by atoms with van der Waals surface area (Å²) in [5.41, 5.74) is 0. The minimum Gasteiger partial charge on any atom is -0.380 e. The van der Waals surface area contributed by atoms with Crippen molar-refractivity contribution in [2.45, 2.75) is 45.1 Å². The first kappa shape index (κ1) is 13.3. The van der Waals surface area contributed by atoms with Gasteiger partial charge in [-0.2, -0.15) is 0 Å². The molecule has 1 unspecified atom stereocenters. The lowest BCUT2D eigenvalue weighted by Gasteiger charge is -2.34. The van der Waals surface area contributed by atoms with E-state index >= 15 is 0 Å². The fraction of sp³-hybridized carbons (Fsp3) is 1.00. The van der Waals surface area contributed by atoms with Crippen LogP contribution in [0.3, 0.4) is 0 Å². The van der Waals surface area contributed by atoms with Crippen LogP contribution in [-0.4, -0.2) is 43.1 Å². The molecule has 1 atom stereocenters. The molecular formula is C12H24ClNO. The third kappa shape index (κ3) is 5.19. The Bertz CT molecular complexity index is 155. The summed E-state index contributed by atoms with van der Waals surface area (Å²) >= 11 is 5.96. The lowest BCUT2D eigenvalue weighted by atomic mass is 10.0. The van der Waals surface area contributed by atoms with Crippen LogP contribution in [0.1, 0.15) is 39.0 Å². The minimum atomic E-state index is 0.593. The third-order valence-corrected chi connectivity index (χ3v) is 3.45. The second kappa shape index (κ2) is 8.37. The van der Waals surface area contributed by atoms with Gasteiger partial charge < -0.3 is 4.74 Å². The summed E-state index contributed by atoms with van der Waals surface area (Å²) in [5.74, 6) is 0.773. The summed E-state index contributed by atoms with van der Waals surface area (Å²) < 4.78 is 5.58. The number of nitrogens with zero attached hydrogens (tertiary/aromatic N) is 1. The SMILES string of the molecule is CCCCOCCN1CCCCC1CCl. The highest BCUT2D eigenvalue weighted by atomic mass is 35.5. The molecule has 0 aliphatic carbocycles. The summed E-state index contributed by atoms with van der Waals surface area (Å²) in [6.07, 6.45) is 6.32. The summed E-state index contributed by atoms with van der Waals surface area (Å²) in [4.78, 5) is 2.49. The van der Waals surface area contributed by atoms with Crippen LogP contribution in [0.5, 0.6) is 0 Å². The number of halogens is 1. The van der Waals surface area contributed by atoms with Gasteiger partial charge in [-0.15, -0.1) is 11.6 Å². The smallest absolute Gasteiger partial charge is 0.0593 e. The highest BCUT2D eigenvalue weighted by molar-refractivity contribution is 6.18. The van der Waals surface area contributed by atoms with Gasteiger partial charge in [-0.1, -0.05) is 19.8 Å². The Labute approximate surface area is 98.9 Å². The van der Waals surface area contributed by atoms with E-state index in [0.29, 0.717) is 6.04 Å². The molecule has 1 aliphatic heterocycles. The molecule has 0 saturated carbocycles. The second-order valence-electron chi connectivity index (χ2n) is 4.31. The van der Waals surface area contributed by atoms with Crippen molar-refractivity contribution in [2.24, 2.45) is 0 Å². The molecule has 0 aromatic rings. The standard InChI is InChI=1S/C12H24ClNO/c1-2-3-9-15-10-8-14-7-5-4-6-12(14)11-13/h12H,2-11H2,1H3. The molecule has 0 N–H and O–H groups in total. The average Bonchev–Trinajstić information content (AvgIpc) is 2.29. The number of ether oxygens (including phenoxy) is 1. The topological polar surface area (TPSA) is 12.5 Å². The number of rotatable bonds is 7. The predicted octanol–water partition coefficient (Wildman–Crippen LogP) is 2.90. The first-order chi connectivity index (χ1) is 7.38. The summed E-state index contributed by atoms with van der Waals surface area (Å²) in [6, 6.07) is 0.593. The van der Waals surface area contributed by atoms with E-state index in [1.807, 2.05) is 0 Å². The maximum atomic E-state index is 5.96. The van der Waals surface area contributed by atoms with Gasteiger partial charge >= 0.3 is 0 Å². The first-order valence-corrected chi connectivity index (χ1v) is 6.79. The van der Waals surface area contributed by atoms with Gasteiger partial charge in [-0.3, -0.25) is 4.90 Å². The second-order valence-corrected chi connectivity index (χ2v) is 4.61. The van der Waals surface area contributed by atoms with Crippen molar-refractivity contribution in [3.8, 4) is 0 Å². The van der Waals surface area contributed by atoms with E-state index in [-0.39, 0.29) is 0 Å². The molecule has 0 bridgehead atoms. The number of likely N-dealkylation sites (tertiary alicyclic amines) is 1. The zero-order valence-electron chi connectivity index (χ0n) is 9.88. The fourth-order valence-electron chi connectivity index (χ4n) is 2.06. The fourth-order valence-corrected chi connectivity index (χ4v) is 2.41. The van der Waals surface area contributed by atoms with E-state index in [0.717, 1.165) is 25.6 Å². The number of alkyl halides is 1. The van der Waals surface area contributed by atoms with E-state index in [1.165, 1.54) is 38.6 Å². The van der Waals surface area contributed by atoms with Crippen LogP contribution in [0.2, 0.25) is 0 Å². The van der Waals surface area contributed by atoms with Crippen molar-refractivity contribution in [3.05, 3.63) is 0 Å². The van der Waals surface area contributed by atoms with Crippen molar-refractivity contribution in [1.29, 1.82) is 0 Å². The van der Waals surface area contributed by atoms with Crippen molar-refractivity contribution < 1.29 is 4.74 Å². The van der Waals surface area contributed by atoms with Crippen LogP contribution in [0, 0.1) is 0 Å². The maximum absolute atomic E-state index is 5.96. The van der Waals surface area contributed by atoms with E-state index in [1.54, 1.807) is 0 Å². The lowest BCUT2D eigenvalue weighted by molar-refractivity contribution is 0.0761. The van der Waals surface area contributed by atoms with Crippen LogP contribution < -0.4 is 0 Å². The Balaban J connectivity index is 2.07. The number of unbranched alkanes of at least 4 members (excludes halogenated alkanes) is 1. The minimum absolute atomic E-state index is 0.593. The molecule has 2 nitrogen and oxygen atoms in total. The van der Waals surface area contributed by atoms with Gasteiger partial charge in [-0.25, -0.2) is 0 Å². The summed E-state index contributed by atoms with van der Waals surface area (Å²) in [7, 11) is 0. The third-order valence-electron chi connectivity index (χ3n) is 3.09. The van der Waals surface area contributed by atoms with Gasteiger partial charge in [0, 0.05) is 25.1 Å². The van der Waals surface area contributed by atoms with Gasteiger partial charge in [-0.05, 0) is 25.8 Å². The Morgan fingerprint density at radius 1 is 1.33 bits per heavy atom. The molecule has 1 heterocycles. The Hall–Kier alpha value is 0.210. The molecule has 0 aromatic heterocycles. The summed E-state index contributed by atoms with van der Waals surface area (Å²) in [5, 5.41) is 0. The van der Waals surface area contributed by atoms with Crippen LogP contribution in [0.25, 0.3) is 0 Å². The molecule has 1 fully saturated rings. The number of hydrogen-bond donors (Lipinski definition) is 0. The van der Waals surface area contributed by atoms with Gasteiger partial charge in [0.15, 0.2) is 0 Å². The molecule has 1 saturated heterocycles. The Kier molecular flexibility index (Phi) is 7.41. The Morgan fingerprint density at radius 3 is 2.93 bits per heavy atom. The molecule has 90 valence electrons. The number of hydrogen-bond acceptors (Lipinski definition) is 2. The van der Waals surface area contributed by atoms with E-state index in [2.05, 4.69) is 11.8 Å². The normalized spacial score (nSPS) is 23.2. The van der Waals surface area contributed by atoms with Crippen LogP contribution in [0.15, 0.2) is 0 Å². The van der Waals surface area contributed by atoms with E-state index in [9.17, 15) is 0 Å². The molecular weight excluding hydrogens is 210 g/mol. The largest absolute Gasteiger partial charge is 0.380 e. The van der Waals surface area contributed by atoms with Crippen molar-refractivity contribution in [1.82, 2.24) is 4.90 Å². The molecule has 1 rings (SSSR count). The van der Waals surface area contributed by atoms with Crippen LogP contribution >= 0.6 is 11.6 Å². The zero-order valence-corrected chi connectivity index (χ0v) is 10.6.